The number of likely N-dealkylation sites (tertiary alicyclic amines) is 1. The maximum Gasteiger partial charge on any atom is 0.317 e. The molecular formula is C20H28N6O. The summed E-state index contributed by atoms with van der Waals surface area (Å²) < 4.78 is 2.12. The lowest BCUT2D eigenvalue weighted by Crippen LogP contribution is -2.45. The molecule has 1 aromatic carbocycles. The largest absolute Gasteiger partial charge is 0.338 e. The fourth-order valence-corrected chi connectivity index (χ4v) is 4.07. The summed E-state index contributed by atoms with van der Waals surface area (Å²) >= 11 is 0. The third-order valence-corrected chi connectivity index (χ3v) is 5.52. The van der Waals surface area contributed by atoms with Gasteiger partial charge in [-0.25, -0.2) is 4.79 Å². The third-order valence-electron chi connectivity index (χ3n) is 5.52. The topological polar surface area (TPSA) is 66.3 Å². The van der Waals surface area contributed by atoms with Crippen LogP contribution in [0.4, 0.5) is 4.79 Å². The second-order valence-corrected chi connectivity index (χ2v) is 7.52. The summed E-state index contributed by atoms with van der Waals surface area (Å²) in [5.41, 5.74) is 1.06. The van der Waals surface area contributed by atoms with Gasteiger partial charge in [-0.05, 0) is 31.8 Å². The molecule has 2 aliphatic rings. The molecule has 0 radical (unpaired) electrons. The molecule has 1 aromatic heterocycles. The molecule has 7 heteroatoms. The van der Waals surface area contributed by atoms with Gasteiger partial charge in [0.15, 0.2) is 11.6 Å². The summed E-state index contributed by atoms with van der Waals surface area (Å²) in [5.74, 6) is 2.30. The molecule has 2 amide bonds. The number of hydrogen-bond donors (Lipinski definition) is 1. The first-order valence-corrected chi connectivity index (χ1v) is 9.97. The Bertz CT molecular complexity index is 774. The standard InChI is InChI=1S/C20H28N6O/c1-2-9-24-10-8-16(14-24)13-21-20(27)25-11-12-26-18(15-25)22-23-19(26)17-6-4-3-5-7-17/h3-7,16H,2,8-15H2,1H3,(H,21,27)/t16-/m0/s1. The van der Waals surface area contributed by atoms with Crippen LogP contribution in [0.2, 0.25) is 0 Å². The number of nitrogens with one attached hydrogen (secondary N) is 1. The third kappa shape index (κ3) is 3.98. The first-order valence-electron chi connectivity index (χ1n) is 9.97. The normalized spacial score (nSPS) is 19.9. The van der Waals surface area contributed by atoms with Gasteiger partial charge in [0.05, 0.1) is 6.54 Å². The Morgan fingerprint density at radius 2 is 2.04 bits per heavy atom. The predicted molar refractivity (Wildman–Crippen MR) is 104 cm³/mol. The van der Waals surface area contributed by atoms with E-state index in [4.69, 9.17) is 0 Å². The van der Waals surface area contributed by atoms with Gasteiger partial charge in [-0.15, -0.1) is 10.2 Å². The van der Waals surface area contributed by atoms with E-state index in [1.165, 1.54) is 12.8 Å². The van der Waals surface area contributed by atoms with Gasteiger partial charge in [0.1, 0.15) is 0 Å². The predicted octanol–water partition coefficient (Wildman–Crippen LogP) is 2.20. The smallest absolute Gasteiger partial charge is 0.317 e. The van der Waals surface area contributed by atoms with E-state index in [2.05, 4.69) is 31.9 Å². The van der Waals surface area contributed by atoms with Gasteiger partial charge in [0, 0.05) is 31.7 Å². The molecule has 27 heavy (non-hydrogen) atoms. The van der Waals surface area contributed by atoms with Crippen LogP contribution in [0.15, 0.2) is 30.3 Å². The molecule has 0 bridgehead atoms. The summed E-state index contributed by atoms with van der Waals surface area (Å²) in [6, 6.07) is 10.1. The average molecular weight is 368 g/mol. The number of hydrogen-bond acceptors (Lipinski definition) is 4. The van der Waals surface area contributed by atoms with Crippen molar-refractivity contribution in [2.45, 2.75) is 32.9 Å². The number of urea groups is 1. The Morgan fingerprint density at radius 3 is 2.85 bits per heavy atom. The maximum absolute atomic E-state index is 12.6. The number of carbonyl (C=O) groups excluding carboxylic acids is 1. The highest BCUT2D eigenvalue weighted by Crippen LogP contribution is 2.21. The van der Waals surface area contributed by atoms with Crippen LogP contribution in [0.25, 0.3) is 11.4 Å². The van der Waals surface area contributed by atoms with Crippen LogP contribution in [0.1, 0.15) is 25.6 Å². The van der Waals surface area contributed by atoms with Crippen molar-refractivity contribution in [3.05, 3.63) is 36.2 Å². The highest BCUT2D eigenvalue weighted by Gasteiger charge is 2.26. The number of benzene rings is 1. The Morgan fingerprint density at radius 1 is 1.19 bits per heavy atom. The zero-order valence-electron chi connectivity index (χ0n) is 16.0. The fourth-order valence-electron chi connectivity index (χ4n) is 4.07. The molecule has 7 nitrogen and oxygen atoms in total. The molecule has 2 aromatic rings. The minimum Gasteiger partial charge on any atom is -0.338 e. The monoisotopic (exact) mass is 368 g/mol. The minimum atomic E-state index is 0.0134. The summed E-state index contributed by atoms with van der Waals surface area (Å²) in [6.45, 7) is 8.32. The number of nitrogens with zero attached hydrogens (tertiary/aromatic N) is 5. The molecular weight excluding hydrogens is 340 g/mol. The highest BCUT2D eigenvalue weighted by molar-refractivity contribution is 5.74. The van der Waals surface area contributed by atoms with Gasteiger partial charge in [-0.1, -0.05) is 37.3 Å². The van der Waals surface area contributed by atoms with Crippen LogP contribution < -0.4 is 5.32 Å². The van der Waals surface area contributed by atoms with E-state index >= 15 is 0 Å². The van der Waals surface area contributed by atoms with E-state index < -0.39 is 0 Å². The lowest BCUT2D eigenvalue weighted by atomic mass is 10.1. The molecule has 4 rings (SSSR count). The number of fused-ring (bicyclic) bond motifs is 1. The molecule has 3 heterocycles. The number of carbonyl (C=O) groups is 1. The van der Waals surface area contributed by atoms with E-state index in [0.29, 0.717) is 19.0 Å². The van der Waals surface area contributed by atoms with Gasteiger partial charge in [0.2, 0.25) is 0 Å². The number of aromatic nitrogens is 3. The lowest BCUT2D eigenvalue weighted by molar-refractivity contribution is 0.180. The molecule has 0 spiro atoms. The fraction of sp³-hybridized carbons (Fsp3) is 0.550. The molecule has 1 N–H and O–H groups in total. The number of amides is 2. The van der Waals surface area contributed by atoms with Crippen molar-refractivity contribution in [3.8, 4) is 11.4 Å². The van der Waals surface area contributed by atoms with Crippen LogP contribution in [0, 0.1) is 5.92 Å². The number of rotatable bonds is 5. The highest BCUT2D eigenvalue weighted by atomic mass is 16.2. The van der Waals surface area contributed by atoms with E-state index in [-0.39, 0.29) is 6.03 Å². The Balaban J connectivity index is 1.32. The van der Waals surface area contributed by atoms with Crippen LogP contribution in [0.3, 0.4) is 0 Å². The first-order chi connectivity index (χ1) is 13.2. The van der Waals surface area contributed by atoms with Gasteiger partial charge in [-0.3, -0.25) is 0 Å². The maximum atomic E-state index is 12.6. The van der Waals surface area contributed by atoms with E-state index in [1.54, 1.807) is 0 Å². The Hall–Kier alpha value is -2.41. The van der Waals surface area contributed by atoms with Gasteiger partial charge in [0.25, 0.3) is 0 Å². The van der Waals surface area contributed by atoms with Crippen molar-refractivity contribution in [2.24, 2.45) is 5.92 Å². The Kier molecular flexibility index (Phi) is 5.38. The molecule has 144 valence electrons. The zero-order chi connectivity index (χ0) is 18.6. The van der Waals surface area contributed by atoms with Crippen LogP contribution in [-0.4, -0.2) is 63.3 Å². The van der Waals surface area contributed by atoms with Crippen molar-refractivity contribution in [2.75, 3.05) is 32.7 Å². The molecule has 1 atom stereocenters. The minimum absolute atomic E-state index is 0.0134. The summed E-state index contributed by atoms with van der Waals surface area (Å²) in [6.07, 6.45) is 2.37. The quantitative estimate of drug-likeness (QED) is 0.879. The lowest BCUT2D eigenvalue weighted by Gasteiger charge is -2.28. The molecule has 1 saturated heterocycles. The van der Waals surface area contributed by atoms with Crippen LogP contribution >= 0.6 is 0 Å². The molecule has 1 fully saturated rings. The average Bonchev–Trinajstić information content (AvgIpc) is 3.33. The van der Waals surface area contributed by atoms with Gasteiger partial charge < -0.3 is 19.7 Å². The first kappa shape index (κ1) is 18.0. The Labute approximate surface area is 160 Å². The summed E-state index contributed by atoms with van der Waals surface area (Å²) in [7, 11) is 0. The van der Waals surface area contributed by atoms with Crippen molar-refractivity contribution < 1.29 is 4.79 Å². The molecule has 0 aliphatic carbocycles. The van der Waals surface area contributed by atoms with Crippen molar-refractivity contribution >= 4 is 6.03 Å². The van der Waals surface area contributed by atoms with Crippen LogP contribution in [0.5, 0.6) is 0 Å². The zero-order valence-corrected chi connectivity index (χ0v) is 16.0. The second kappa shape index (κ2) is 8.08. The van der Waals surface area contributed by atoms with Crippen molar-refractivity contribution in [3.63, 3.8) is 0 Å². The van der Waals surface area contributed by atoms with Gasteiger partial charge >= 0.3 is 6.03 Å². The molecule has 2 aliphatic heterocycles. The molecule has 0 unspecified atom stereocenters. The SMILES string of the molecule is CCCN1CC[C@@H](CNC(=O)N2CCn3c(nnc3-c3ccccc3)C2)C1. The van der Waals surface area contributed by atoms with E-state index in [0.717, 1.165) is 49.9 Å². The van der Waals surface area contributed by atoms with Crippen LogP contribution in [-0.2, 0) is 13.1 Å². The van der Waals surface area contributed by atoms with Gasteiger partial charge in [-0.2, -0.15) is 0 Å². The van der Waals surface area contributed by atoms with Crippen molar-refractivity contribution in [1.82, 2.24) is 29.9 Å². The van der Waals surface area contributed by atoms with E-state index in [9.17, 15) is 4.79 Å². The second-order valence-electron chi connectivity index (χ2n) is 7.52. The summed E-state index contributed by atoms with van der Waals surface area (Å²) in [5, 5.41) is 11.8. The molecule has 0 saturated carbocycles. The van der Waals surface area contributed by atoms with Crippen molar-refractivity contribution in [1.29, 1.82) is 0 Å². The summed E-state index contributed by atoms with van der Waals surface area (Å²) in [4.78, 5) is 16.9. The van der Waals surface area contributed by atoms with E-state index in [1.807, 2.05) is 35.2 Å².